The van der Waals surface area contributed by atoms with Gasteiger partial charge < -0.3 is 4.74 Å². The standard InChI is InChI=1S/C8H6F3NO2/c1-14-5-3-2-4-12-6(5)7(13)8(9,10)11/h2-4H,1H3. The molecule has 0 saturated heterocycles. The quantitative estimate of drug-likeness (QED) is 0.691. The second-order valence-corrected chi connectivity index (χ2v) is 2.38. The molecule has 0 aliphatic heterocycles. The molecule has 76 valence electrons. The van der Waals surface area contributed by atoms with Crippen LogP contribution in [0.1, 0.15) is 10.5 Å². The average Bonchev–Trinajstić information content (AvgIpc) is 2.15. The van der Waals surface area contributed by atoms with E-state index in [2.05, 4.69) is 9.72 Å². The Bertz CT molecular complexity index is 349. The molecular weight excluding hydrogens is 199 g/mol. The number of ether oxygens (including phenoxy) is 1. The Morgan fingerprint density at radius 3 is 2.64 bits per heavy atom. The van der Waals surface area contributed by atoms with Crippen LogP contribution in [-0.4, -0.2) is 24.1 Å². The van der Waals surface area contributed by atoms with Crippen molar-refractivity contribution in [3.05, 3.63) is 24.0 Å². The first kappa shape index (κ1) is 10.5. The maximum absolute atomic E-state index is 12.0. The topological polar surface area (TPSA) is 39.2 Å². The molecule has 1 rings (SSSR count). The molecule has 0 fully saturated rings. The third-order valence-electron chi connectivity index (χ3n) is 1.46. The van der Waals surface area contributed by atoms with Gasteiger partial charge in [0.05, 0.1) is 7.11 Å². The zero-order valence-corrected chi connectivity index (χ0v) is 7.13. The second kappa shape index (κ2) is 3.65. The number of halogens is 3. The summed E-state index contributed by atoms with van der Waals surface area (Å²) >= 11 is 0. The van der Waals surface area contributed by atoms with Crippen LogP contribution in [0.15, 0.2) is 18.3 Å². The first-order valence-electron chi connectivity index (χ1n) is 3.57. The Morgan fingerprint density at radius 1 is 1.50 bits per heavy atom. The van der Waals surface area contributed by atoms with Crippen LogP contribution >= 0.6 is 0 Å². The number of methoxy groups -OCH3 is 1. The zero-order valence-electron chi connectivity index (χ0n) is 7.13. The van der Waals surface area contributed by atoms with Gasteiger partial charge in [0, 0.05) is 6.20 Å². The Morgan fingerprint density at radius 2 is 2.14 bits per heavy atom. The minimum atomic E-state index is -4.93. The van der Waals surface area contributed by atoms with Crippen LogP contribution < -0.4 is 4.74 Å². The number of nitrogens with zero attached hydrogens (tertiary/aromatic N) is 1. The molecule has 0 spiro atoms. The van der Waals surface area contributed by atoms with Crippen LogP contribution in [0.4, 0.5) is 13.2 Å². The second-order valence-electron chi connectivity index (χ2n) is 2.38. The van der Waals surface area contributed by atoms with E-state index in [0.29, 0.717) is 0 Å². The molecule has 0 aliphatic rings. The zero-order chi connectivity index (χ0) is 10.8. The Kier molecular flexibility index (Phi) is 2.73. The molecular formula is C8H6F3NO2. The lowest BCUT2D eigenvalue weighted by atomic mass is 10.2. The van der Waals surface area contributed by atoms with Crippen molar-refractivity contribution >= 4 is 5.78 Å². The number of ketones is 1. The van der Waals surface area contributed by atoms with Gasteiger partial charge in [0.15, 0.2) is 5.69 Å². The van der Waals surface area contributed by atoms with Gasteiger partial charge in [-0.1, -0.05) is 0 Å². The number of carbonyl (C=O) groups excluding carboxylic acids is 1. The summed E-state index contributed by atoms with van der Waals surface area (Å²) in [5.41, 5.74) is -0.720. The average molecular weight is 205 g/mol. The summed E-state index contributed by atoms with van der Waals surface area (Å²) in [6, 6.07) is 2.62. The molecule has 6 heteroatoms. The molecule has 3 nitrogen and oxygen atoms in total. The van der Waals surface area contributed by atoms with Crippen LogP contribution in [-0.2, 0) is 0 Å². The predicted octanol–water partition coefficient (Wildman–Crippen LogP) is 1.84. The van der Waals surface area contributed by atoms with Gasteiger partial charge in [-0.25, -0.2) is 4.98 Å². The number of pyridine rings is 1. The predicted molar refractivity (Wildman–Crippen MR) is 41.2 cm³/mol. The summed E-state index contributed by atoms with van der Waals surface area (Å²) in [5.74, 6) is -2.19. The highest BCUT2D eigenvalue weighted by molar-refractivity contribution is 6.00. The minimum absolute atomic E-state index is 0.185. The maximum Gasteiger partial charge on any atom is 0.456 e. The monoisotopic (exact) mass is 205 g/mol. The number of Topliss-reactive ketones (excluding diaryl/α,β-unsaturated/α-hetero) is 1. The van der Waals surface area contributed by atoms with Crippen molar-refractivity contribution in [3.63, 3.8) is 0 Å². The molecule has 0 unspecified atom stereocenters. The number of alkyl halides is 3. The van der Waals surface area contributed by atoms with E-state index in [1.165, 1.54) is 19.2 Å². The van der Waals surface area contributed by atoms with Crippen LogP contribution in [0.25, 0.3) is 0 Å². The van der Waals surface area contributed by atoms with E-state index in [4.69, 9.17) is 0 Å². The molecule has 0 aliphatic carbocycles. The molecule has 0 bridgehead atoms. The number of hydrogen-bond acceptors (Lipinski definition) is 3. The molecule has 14 heavy (non-hydrogen) atoms. The van der Waals surface area contributed by atoms with Crippen molar-refractivity contribution in [1.82, 2.24) is 4.98 Å². The third kappa shape index (κ3) is 2.01. The van der Waals surface area contributed by atoms with E-state index < -0.39 is 17.7 Å². The minimum Gasteiger partial charge on any atom is -0.494 e. The van der Waals surface area contributed by atoms with Gasteiger partial charge >= 0.3 is 6.18 Å². The summed E-state index contributed by atoms with van der Waals surface area (Å²) in [6.07, 6.45) is -3.83. The molecule has 0 N–H and O–H groups in total. The highest BCUT2D eigenvalue weighted by Crippen LogP contribution is 2.25. The van der Waals surface area contributed by atoms with Gasteiger partial charge in [0.1, 0.15) is 5.75 Å². The fraction of sp³-hybridized carbons (Fsp3) is 0.250. The normalized spacial score (nSPS) is 11.1. The first-order chi connectivity index (χ1) is 6.46. The van der Waals surface area contributed by atoms with Crippen molar-refractivity contribution in [2.24, 2.45) is 0 Å². The van der Waals surface area contributed by atoms with Gasteiger partial charge in [-0.2, -0.15) is 13.2 Å². The summed E-state index contributed by atoms with van der Waals surface area (Å²) in [5, 5.41) is 0. The fourth-order valence-corrected chi connectivity index (χ4v) is 0.860. The number of hydrogen-bond donors (Lipinski definition) is 0. The fourth-order valence-electron chi connectivity index (χ4n) is 0.860. The summed E-state index contributed by atoms with van der Waals surface area (Å²) in [7, 11) is 1.17. The Hall–Kier alpha value is -1.59. The van der Waals surface area contributed by atoms with E-state index in [0.717, 1.165) is 6.20 Å². The summed E-state index contributed by atoms with van der Waals surface area (Å²) < 4.78 is 40.6. The van der Waals surface area contributed by atoms with Crippen LogP contribution in [0.3, 0.4) is 0 Å². The lowest BCUT2D eigenvalue weighted by Crippen LogP contribution is -2.24. The lowest BCUT2D eigenvalue weighted by molar-refractivity contribution is -0.0889. The van der Waals surface area contributed by atoms with Crippen LogP contribution in [0.2, 0.25) is 0 Å². The van der Waals surface area contributed by atoms with E-state index in [-0.39, 0.29) is 5.75 Å². The molecule has 0 aromatic carbocycles. The number of rotatable bonds is 2. The molecule has 1 aromatic heterocycles. The van der Waals surface area contributed by atoms with E-state index in [1.807, 2.05) is 0 Å². The van der Waals surface area contributed by atoms with Crippen molar-refractivity contribution in [2.45, 2.75) is 6.18 Å². The molecule has 0 radical (unpaired) electrons. The van der Waals surface area contributed by atoms with Crippen LogP contribution in [0, 0.1) is 0 Å². The molecule has 0 saturated carbocycles. The smallest absolute Gasteiger partial charge is 0.456 e. The van der Waals surface area contributed by atoms with E-state index in [9.17, 15) is 18.0 Å². The lowest BCUT2D eigenvalue weighted by Gasteiger charge is -2.07. The molecule has 1 heterocycles. The number of carbonyl (C=O) groups is 1. The van der Waals surface area contributed by atoms with Gasteiger partial charge in [0.25, 0.3) is 5.78 Å². The molecule has 1 aromatic rings. The van der Waals surface area contributed by atoms with Gasteiger partial charge in [0.2, 0.25) is 0 Å². The number of aromatic nitrogens is 1. The van der Waals surface area contributed by atoms with Gasteiger partial charge in [-0.15, -0.1) is 0 Å². The van der Waals surface area contributed by atoms with Gasteiger partial charge in [-0.05, 0) is 12.1 Å². The first-order valence-corrected chi connectivity index (χ1v) is 3.57. The van der Waals surface area contributed by atoms with E-state index in [1.54, 1.807) is 0 Å². The summed E-state index contributed by atoms with van der Waals surface area (Å²) in [6.45, 7) is 0. The largest absolute Gasteiger partial charge is 0.494 e. The van der Waals surface area contributed by atoms with Gasteiger partial charge in [-0.3, -0.25) is 4.79 Å². The van der Waals surface area contributed by atoms with Crippen molar-refractivity contribution in [1.29, 1.82) is 0 Å². The SMILES string of the molecule is COc1cccnc1C(=O)C(F)(F)F. The molecule has 0 amide bonds. The summed E-state index contributed by atoms with van der Waals surface area (Å²) in [4.78, 5) is 14.1. The third-order valence-corrected chi connectivity index (χ3v) is 1.46. The molecule has 0 atom stereocenters. The van der Waals surface area contributed by atoms with Crippen LogP contribution in [0.5, 0.6) is 5.75 Å². The van der Waals surface area contributed by atoms with Crippen molar-refractivity contribution < 1.29 is 22.7 Å². The highest BCUT2D eigenvalue weighted by atomic mass is 19.4. The highest BCUT2D eigenvalue weighted by Gasteiger charge is 2.41. The van der Waals surface area contributed by atoms with E-state index >= 15 is 0 Å². The Balaban J connectivity index is 3.13. The van der Waals surface area contributed by atoms with Crippen molar-refractivity contribution in [2.75, 3.05) is 7.11 Å². The Labute approximate surface area is 77.5 Å². The van der Waals surface area contributed by atoms with Crippen molar-refractivity contribution in [3.8, 4) is 5.75 Å². The maximum atomic E-state index is 12.0.